The number of esters is 1. The topological polar surface area (TPSA) is 71.2 Å². The molecule has 22 heavy (non-hydrogen) atoms. The molecule has 0 unspecified atom stereocenters. The van der Waals surface area contributed by atoms with E-state index >= 15 is 0 Å². The fourth-order valence-corrected chi connectivity index (χ4v) is 3.03. The van der Waals surface area contributed by atoms with Gasteiger partial charge in [-0.05, 0) is 49.4 Å². The van der Waals surface area contributed by atoms with Gasteiger partial charge in [0, 0.05) is 28.7 Å². The lowest BCUT2D eigenvalue weighted by Gasteiger charge is -2.10. The van der Waals surface area contributed by atoms with Crippen molar-refractivity contribution < 1.29 is 14.3 Å². The highest BCUT2D eigenvalue weighted by molar-refractivity contribution is 5.99. The number of H-pyrrole nitrogens is 1. The fraction of sp³-hybridized carbons (Fsp3) is 0.412. The van der Waals surface area contributed by atoms with Crippen molar-refractivity contribution in [2.24, 2.45) is 0 Å². The molecular weight excluding hydrogens is 280 g/mol. The van der Waals surface area contributed by atoms with E-state index in [2.05, 4.69) is 15.0 Å². The zero-order valence-electron chi connectivity index (χ0n) is 12.7. The Hall–Kier alpha value is -2.30. The fourth-order valence-electron chi connectivity index (χ4n) is 3.03. The molecule has 2 N–H and O–H groups in total. The van der Waals surface area contributed by atoms with Gasteiger partial charge in [-0.25, -0.2) is 0 Å². The maximum Gasteiger partial charge on any atom is 0.307 e. The number of carbonyl (C=O) groups is 2. The minimum Gasteiger partial charge on any atom is -0.469 e. The lowest BCUT2D eigenvalue weighted by atomic mass is 9.95. The van der Waals surface area contributed by atoms with Crippen LogP contribution < -0.4 is 5.32 Å². The Morgan fingerprint density at radius 3 is 2.91 bits per heavy atom. The maximum atomic E-state index is 12.2. The van der Waals surface area contributed by atoms with E-state index in [-0.39, 0.29) is 24.8 Å². The lowest BCUT2D eigenvalue weighted by molar-refractivity contribution is -0.140. The van der Waals surface area contributed by atoms with E-state index in [0.29, 0.717) is 5.56 Å². The summed E-state index contributed by atoms with van der Waals surface area (Å²) in [6, 6.07) is 5.73. The van der Waals surface area contributed by atoms with Gasteiger partial charge in [0.25, 0.3) is 5.91 Å². The van der Waals surface area contributed by atoms with Gasteiger partial charge in [-0.1, -0.05) is 0 Å². The Bertz CT molecular complexity index is 718. The molecule has 0 saturated carbocycles. The van der Waals surface area contributed by atoms with Crippen LogP contribution in [0, 0.1) is 0 Å². The molecule has 3 rings (SSSR count). The number of hydrogen-bond acceptors (Lipinski definition) is 3. The number of aromatic nitrogens is 1. The van der Waals surface area contributed by atoms with Crippen LogP contribution in [0.3, 0.4) is 0 Å². The second kappa shape index (κ2) is 6.22. The molecule has 1 heterocycles. The smallest absolute Gasteiger partial charge is 0.307 e. The van der Waals surface area contributed by atoms with Crippen molar-refractivity contribution in [2.75, 3.05) is 13.7 Å². The van der Waals surface area contributed by atoms with E-state index in [4.69, 9.17) is 0 Å². The number of fused-ring (bicyclic) bond motifs is 3. The number of hydrogen-bond donors (Lipinski definition) is 2. The van der Waals surface area contributed by atoms with Gasteiger partial charge in [0.05, 0.1) is 13.5 Å². The van der Waals surface area contributed by atoms with E-state index in [0.717, 1.165) is 23.7 Å². The molecule has 0 spiro atoms. The third-order valence-corrected chi connectivity index (χ3v) is 4.20. The van der Waals surface area contributed by atoms with Crippen LogP contribution in [0.1, 0.15) is 40.9 Å². The second-order valence-electron chi connectivity index (χ2n) is 5.63. The van der Waals surface area contributed by atoms with Crippen LogP contribution >= 0.6 is 0 Å². The molecule has 1 aliphatic carbocycles. The third kappa shape index (κ3) is 2.84. The van der Waals surface area contributed by atoms with Crippen LogP contribution in [0.2, 0.25) is 0 Å². The second-order valence-corrected chi connectivity index (χ2v) is 5.63. The van der Waals surface area contributed by atoms with Crippen LogP contribution in [-0.2, 0) is 22.4 Å². The summed E-state index contributed by atoms with van der Waals surface area (Å²) < 4.78 is 4.55. The third-order valence-electron chi connectivity index (χ3n) is 4.20. The number of amides is 1. The Labute approximate surface area is 129 Å². The zero-order chi connectivity index (χ0) is 15.5. The van der Waals surface area contributed by atoms with Gasteiger partial charge in [0.1, 0.15) is 0 Å². The molecule has 5 heteroatoms. The largest absolute Gasteiger partial charge is 0.469 e. The van der Waals surface area contributed by atoms with Crippen molar-refractivity contribution >= 4 is 22.8 Å². The average Bonchev–Trinajstić information content (AvgIpc) is 2.92. The Morgan fingerprint density at radius 1 is 1.27 bits per heavy atom. The van der Waals surface area contributed by atoms with E-state index in [1.54, 1.807) is 0 Å². The molecule has 5 nitrogen and oxygen atoms in total. The first kappa shape index (κ1) is 14.6. The number of ether oxygens (including phenoxy) is 1. The van der Waals surface area contributed by atoms with Crippen molar-refractivity contribution in [3.63, 3.8) is 0 Å². The summed E-state index contributed by atoms with van der Waals surface area (Å²) in [5.41, 5.74) is 4.39. The molecule has 0 atom stereocenters. The minimum atomic E-state index is -0.324. The van der Waals surface area contributed by atoms with Gasteiger partial charge in [-0.3, -0.25) is 9.59 Å². The Balaban J connectivity index is 1.76. The van der Waals surface area contributed by atoms with Crippen LogP contribution in [-0.4, -0.2) is 30.5 Å². The zero-order valence-corrected chi connectivity index (χ0v) is 12.7. The molecule has 2 aromatic rings. The number of benzene rings is 1. The van der Waals surface area contributed by atoms with Crippen LogP contribution in [0.25, 0.3) is 10.9 Å². The van der Waals surface area contributed by atoms with Crippen molar-refractivity contribution in [2.45, 2.75) is 32.1 Å². The predicted molar refractivity (Wildman–Crippen MR) is 83.9 cm³/mol. The minimum absolute atomic E-state index is 0.156. The van der Waals surface area contributed by atoms with E-state index in [9.17, 15) is 9.59 Å². The molecule has 0 fully saturated rings. The molecule has 1 aromatic heterocycles. The predicted octanol–water partition coefficient (Wildman–Crippen LogP) is 2.34. The number of carbonyl (C=O) groups excluding carboxylic acids is 2. The van der Waals surface area contributed by atoms with Gasteiger partial charge in [-0.2, -0.15) is 0 Å². The van der Waals surface area contributed by atoms with Crippen LogP contribution in [0.5, 0.6) is 0 Å². The quantitative estimate of drug-likeness (QED) is 0.851. The van der Waals surface area contributed by atoms with Crippen molar-refractivity contribution in [3.05, 3.63) is 35.0 Å². The molecule has 0 bridgehead atoms. The number of aryl methyl sites for hydroxylation is 2. The standard InChI is InChI=1S/C17H20N2O3/c1-22-16(20)8-9-18-17(21)11-6-7-15-13(10-11)12-4-2-3-5-14(12)19-15/h6-7,10,19H,2-5,8-9H2,1H3,(H,18,21). The highest BCUT2D eigenvalue weighted by atomic mass is 16.5. The number of aromatic amines is 1. The summed E-state index contributed by atoms with van der Waals surface area (Å²) in [6.07, 6.45) is 4.77. The first-order valence-corrected chi connectivity index (χ1v) is 7.67. The first-order valence-electron chi connectivity index (χ1n) is 7.67. The van der Waals surface area contributed by atoms with Gasteiger partial charge < -0.3 is 15.0 Å². The van der Waals surface area contributed by atoms with E-state index in [1.807, 2.05) is 18.2 Å². The highest BCUT2D eigenvalue weighted by Gasteiger charge is 2.16. The van der Waals surface area contributed by atoms with Gasteiger partial charge >= 0.3 is 5.97 Å². The first-order chi connectivity index (χ1) is 10.7. The molecule has 0 aliphatic heterocycles. The Kier molecular flexibility index (Phi) is 4.13. The SMILES string of the molecule is COC(=O)CCNC(=O)c1ccc2[nH]c3c(c2c1)CCCC3. The highest BCUT2D eigenvalue weighted by Crippen LogP contribution is 2.29. The summed E-state index contributed by atoms with van der Waals surface area (Å²) in [7, 11) is 1.34. The summed E-state index contributed by atoms with van der Waals surface area (Å²) in [5.74, 6) is -0.480. The molecule has 116 valence electrons. The summed E-state index contributed by atoms with van der Waals surface area (Å²) in [5, 5.41) is 3.90. The lowest BCUT2D eigenvalue weighted by Crippen LogP contribution is -2.26. The van der Waals surface area contributed by atoms with E-state index in [1.165, 1.54) is 31.2 Å². The number of nitrogens with one attached hydrogen (secondary N) is 2. The summed E-state index contributed by atoms with van der Waals surface area (Å²) in [4.78, 5) is 26.7. The van der Waals surface area contributed by atoms with Crippen LogP contribution in [0.4, 0.5) is 0 Å². The molecule has 1 aromatic carbocycles. The molecule has 0 saturated heterocycles. The number of rotatable bonds is 4. The van der Waals surface area contributed by atoms with Crippen molar-refractivity contribution in [1.29, 1.82) is 0 Å². The van der Waals surface area contributed by atoms with Gasteiger partial charge in [-0.15, -0.1) is 0 Å². The van der Waals surface area contributed by atoms with Crippen molar-refractivity contribution in [3.8, 4) is 0 Å². The normalized spacial score (nSPS) is 13.7. The molecule has 1 amide bonds. The number of methoxy groups -OCH3 is 1. The monoisotopic (exact) mass is 300 g/mol. The van der Waals surface area contributed by atoms with Crippen molar-refractivity contribution in [1.82, 2.24) is 10.3 Å². The Morgan fingerprint density at radius 2 is 2.09 bits per heavy atom. The maximum absolute atomic E-state index is 12.2. The molecule has 0 radical (unpaired) electrons. The molecule has 1 aliphatic rings. The summed E-state index contributed by atoms with van der Waals surface area (Å²) in [6.45, 7) is 0.286. The van der Waals surface area contributed by atoms with Gasteiger partial charge in [0.15, 0.2) is 0 Å². The average molecular weight is 300 g/mol. The van der Waals surface area contributed by atoms with Crippen LogP contribution in [0.15, 0.2) is 18.2 Å². The summed E-state index contributed by atoms with van der Waals surface area (Å²) >= 11 is 0. The van der Waals surface area contributed by atoms with Gasteiger partial charge in [0.2, 0.25) is 0 Å². The van der Waals surface area contributed by atoms with E-state index < -0.39 is 0 Å². The molecular formula is C17H20N2O3.